The van der Waals surface area contributed by atoms with E-state index in [1.807, 2.05) is 12.3 Å². The Morgan fingerprint density at radius 2 is 2.14 bits per heavy atom. The van der Waals surface area contributed by atoms with Crippen LogP contribution in [-0.4, -0.2) is 27.8 Å². The van der Waals surface area contributed by atoms with E-state index in [0.717, 1.165) is 49.3 Å². The van der Waals surface area contributed by atoms with Crippen molar-refractivity contribution in [3.8, 4) is 23.0 Å². The number of piperidine rings is 1. The van der Waals surface area contributed by atoms with Crippen LogP contribution in [0.5, 0.6) is 0 Å². The molecule has 2 aromatic heterocycles. The summed E-state index contributed by atoms with van der Waals surface area (Å²) < 4.78 is 16.0. The van der Waals surface area contributed by atoms with Crippen molar-refractivity contribution in [2.75, 3.05) is 13.1 Å². The van der Waals surface area contributed by atoms with Crippen LogP contribution in [0.3, 0.4) is 0 Å². The number of thiophene rings is 1. The number of nitrogens with zero attached hydrogens (tertiary/aromatic N) is 4. The van der Waals surface area contributed by atoms with Gasteiger partial charge in [-0.15, -0.1) is 11.3 Å². The van der Waals surface area contributed by atoms with Crippen molar-refractivity contribution in [1.82, 2.24) is 14.7 Å². The van der Waals surface area contributed by atoms with E-state index >= 15 is 0 Å². The van der Waals surface area contributed by atoms with Crippen molar-refractivity contribution in [1.29, 1.82) is 5.26 Å². The lowest BCUT2D eigenvalue weighted by Crippen LogP contribution is -2.34. The highest BCUT2D eigenvalue weighted by Gasteiger charge is 2.23. The second-order valence-corrected chi connectivity index (χ2v) is 8.89. The molecule has 1 unspecified atom stereocenters. The Morgan fingerprint density at radius 1 is 1.32 bits per heavy atom. The SMILES string of the molecule is Cc1cc(-c2nn(-c3ccccc3F)cc2CN2CCCC(C#N)C2)c(C)s1. The van der Waals surface area contributed by atoms with Crippen LogP contribution in [0.25, 0.3) is 16.9 Å². The van der Waals surface area contributed by atoms with E-state index in [-0.39, 0.29) is 11.7 Å². The van der Waals surface area contributed by atoms with Gasteiger partial charge in [-0.05, 0) is 51.4 Å². The Hall–Kier alpha value is -2.49. The molecule has 1 fully saturated rings. The summed E-state index contributed by atoms with van der Waals surface area (Å²) in [6.07, 6.45) is 3.94. The van der Waals surface area contributed by atoms with Gasteiger partial charge in [-0.1, -0.05) is 12.1 Å². The molecule has 1 atom stereocenters. The number of rotatable bonds is 4. The highest BCUT2D eigenvalue weighted by Crippen LogP contribution is 2.33. The van der Waals surface area contributed by atoms with Gasteiger partial charge in [-0.25, -0.2) is 9.07 Å². The van der Waals surface area contributed by atoms with Crippen molar-refractivity contribution in [2.45, 2.75) is 33.2 Å². The summed E-state index contributed by atoms with van der Waals surface area (Å²) in [4.78, 5) is 4.77. The van der Waals surface area contributed by atoms with Gasteiger partial charge in [0.15, 0.2) is 0 Å². The highest BCUT2D eigenvalue weighted by atomic mass is 32.1. The van der Waals surface area contributed by atoms with E-state index in [0.29, 0.717) is 5.69 Å². The van der Waals surface area contributed by atoms with Crippen molar-refractivity contribution in [2.24, 2.45) is 5.92 Å². The molecule has 28 heavy (non-hydrogen) atoms. The van der Waals surface area contributed by atoms with E-state index < -0.39 is 0 Å². The highest BCUT2D eigenvalue weighted by molar-refractivity contribution is 7.12. The molecule has 0 amide bonds. The van der Waals surface area contributed by atoms with Gasteiger partial charge in [0.2, 0.25) is 0 Å². The molecule has 0 N–H and O–H groups in total. The molecule has 1 aliphatic heterocycles. The minimum atomic E-state index is -0.288. The van der Waals surface area contributed by atoms with Gasteiger partial charge in [-0.2, -0.15) is 10.4 Å². The maximum atomic E-state index is 14.4. The number of nitriles is 1. The van der Waals surface area contributed by atoms with E-state index in [2.05, 4.69) is 30.9 Å². The van der Waals surface area contributed by atoms with Crippen molar-refractivity contribution in [3.63, 3.8) is 0 Å². The molecule has 0 radical (unpaired) electrons. The lowest BCUT2D eigenvalue weighted by Gasteiger charge is -2.29. The predicted molar refractivity (Wildman–Crippen MR) is 110 cm³/mol. The molecular formula is C22H23FN4S. The summed E-state index contributed by atoms with van der Waals surface area (Å²) in [7, 11) is 0. The molecular weight excluding hydrogens is 371 g/mol. The van der Waals surface area contributed by atoms with Gasteiger partial charge in [0.05, 0.1) is 17.7 Å². The van der Waals surface area contributed by atoms with Gasteiger partial charge in [0.25, 0.3) is 0 Å². The fourth-order valence-corrected chi connectivity index (χ4v) is 4.85. The van der Waals surface area contributed by atoms with Gasteiger partial charge in [0, 0.05) is 40.2 Å². The largest absolute Gasteiger partial charge is 0.298 e. The van der Waals surface area contributed by atoms with Crippen LogP contribution in [0, 0.1) is 36.9 Å². The fraction of sp³-hybridized carbons (Fsp3) is 0.364. The number of likely N-dealkylation sites (tertiary alicyclic amines) is 1. The standard InChI is InChI=1S/C22H23FN4S/c1-15-10-19(16(2)28-15)22-18(13-26-9-5-6-17(11-24)12-26)14-27(25-22)21-8-4-3-7-20(21)23/h3-4,7-8,10,14,17H,5-6,9,12-13H2,1-2H3. The lowest BCUT2D eigenvalue weighted by atomic mass is 9.99. The minimum Gasteiger partial charge on any atom is -0.298 e. The fourth-order valence-electron chi connectivity index (χ4n) is 3.92. The third kappa shape index (κ3) is 3.73. The van der Waals surface area contributed by atoms with Crippen LogP contribution < -0.4 is 0 Å². The first-order valence-electron chi connectivity index (χ1n) is 9.58. The summed E-state index contributed by atoms with van der Waals surface area (Å²) in [5.74, 6) is -0.201. The minimum absolute atomic E-state index is 0.0870. The Bertz CT molecular complexity index is 1030. The molecule has 144 valence electrons. The van der Waals surface area contributed by atoms with Crippen LogP contribution in [0.1, 0.15) is 28.2 Å². The first-order valence-corrected chi connectivity index (χ1v) is 10.4. The maximum Gasteiger partial charge on any atom is 0.148 e. The molecule has 6 heteroatoms. The summed E-state index contributed by atoms with van der Waals surface area (Å²) in [5.41, 5.74) is 3.54. The lowest BCUT2D eigenvalue weighted by molar-refractivity contribution is 0.192. The second-order valence-electron chi connectivity index (χ2n) is 7.43. The number of aryl methyl sites for hydroxylation is 2. The number of halogens is 1. The smallest absolute Gasteiger partial charge is 0.148 e. The van der Waals surface area contributed by atoms with Gasteiger partial charge in [-0.3, -0.25) is 4.90 Å². The molecule has 3 aromatic rings. The Kier molecular flexibility index (Phi) is 5.29. The van der Waals surface area contributed by atoms with Gasteiger partial charge < -0.3 is 0 Å². The second kappa shape index (κ2) is 7.86. The van der Waals surface area contributed by atoms with Crippen LogP contribution in [0.2, 0.25) is 0 Å². The zero-order valence-electron chi connectivity index (χ0n) is 16.2. The molecule has 3 heterocycles. The molecule has 0 aliphatic carbocycles. The topological polar surface area (TPSA) is 44.9 Å². The van der Waals surface area contributed by atoms with Gasteiger partial charge >= 0.3 is 0 Å². The van der Waals surface area contributed by atoms with Crippen LogP contribution >= 0.6 is 11.3 Å². The molecule has 4 nitrogen and oxygen atoms in total. The number of hydrogen-bond acceptors (Lipinski definition) is 4. The Morgan fingerprint density at radius 3 is 2.86 bits per heavy atom. The number of benzene rings is 1. The average molecular weight is 395 g/mol. The normalized spacial score (nSPS) is 17.6. The molecule has 4 rings (SSSR count). The van der Waals surface area contributed by atoms with Gasteiger partial charge in [0.1, 0.15) is 11.5 Å². The molecule has 0 bridgehead atoms. The van der Waals surface area contributed by atoms with Crippen LogP contribution in [-0.2, 0) is 6.54 Å². The Labute approximate surface area is 168 Å². The quantitative estimate of drug-likeness (QED) is 0.619. The molecule has 1 aromatic carbocycles. The number of para-hydroxylation sites is 1. The summed E-state index contributed by atoms with van der Waals surface area (Å²) in [6, 6.07) is 11.3. The van der Waals surface area contributed by atoms with Crippen molar-refractivity contribution >= 4 is 11.3 Å². The zero-order chi connectivity index (χ0) is 19.7. The van der Waals surface area contributed by atoms with Crippen molar-refractivity contribution < 1.29 is 4.39 Å². The molecule has 1 aliphatic rings. The predicted octanol–water partition coefficient (Wildman–Crippen LogP) is 5.09. The molecule has 0 saturated carbocycles. The molecule has 1 saturated heterocycles. The van der Waals surface area contributed by atoms with Crippen LogP contribution in [0.4, 0.5) is 4.39 Å². The Balaban J connectivity index is 1.74. The summed E-state index contributed by atoms with van der Waals surface area (Å²) in [5, 5.41) is 14.1. The summed E-state index contributed by atoms with van der Waals surface area (Å²) in [6.45, 7) is 6.67. The zero-order valence-corrected chi connectivity index (χ0v) is 17.0. The third-order valence-corrected chi connectivity index (χ3v) is 6.23. The van der Waals surface area contributed by atoms with Crippen molar-refractivity contribution in [3.05, 3.63) is 57.7 Å². The number of aromatic nitrogens is 2. The third-order valence-electron chi connectivity index (χ3n) is 5.27. The first-order chi connectivity index (χ1) is 13.5. The van der Waals surface area contributed by atoms with E-state index in [4.69, 9.17) is 5.10 Å². The van der Waals surface area contributed by atoms with E-state index in [9.17, 15) is 9.65 Å². The van der Waals surface area contributed by atoms with E-state index in [1.165, 1.54) is 15.8 Å². The summed E-state index contributed by atoms with van der Waals surface area (Å²) >= 11 is 1.75. The monoisotopic (exact) mass is 394 g/mol. The average Bonchev–Trinajstić information content (AvgIpc) is 3.24. The first kappa shape index (κ1) is 18.9. The van der Waals surface area contributed by atoms with Crippen LogP contribution in [0.15, 0.2) is 36.5 Å². The van der Waals surface area contributed by atoms with E-state index in [1.54, 1.807) is 28.2 Å². The maximum absolute atomic E-state index is 14.4. The number of hydrogen-bond donors (Lipinski definition) is 0. The molecule has 0 spiro atoms.